The van der Waals surface area contributed by atoms with Gasteiger partial charge >= 0.3 is 0 Å². The molecule has 0 aliphatic rings. The summed E-state index contributed by atoms with van der Waals surface area (Å²) in [5.41, 5.74) is 1.89. The van der Waals surface area contributed by atoms with Gasteiger partial charge in [-0.15, -0.1) is 0 Å². The van der Waals surface area contributed by atoms with E-state index in [0.717, 1.165) is 11.1 Å². The van der Waals surface area contributed by atoms with Crippen molar-refractivity contribution in [2.75, 3.05) is 0 Å². The van der Waals surface area contributed by atoms with E-state index in [-0.39, 0.29) is 18.0 Å². The van der Waals surface area contributed by atoms with Gasteiger partial charge in [0, 0.05) is 47.5 Å². The normalized spacial score (nSPS) is 10.8. The van der Waals surface area contributed by atoms with Crippen LogP contribution in [0.15, 0.2) is 54.9 Å². The Hall–Kier alpha value is -2.37. The van der Waals surface area contributed by atoms with Gasteiger partial charge in [-0.1, -0.05) is 35.3 Å². The zero-order valence-electron chi connectivity index (χ0n) is 14.0. The highest BCUT2D eigenvalue weighted by atomic mass is 35.5. The van der Waals surface area contributed by atoms with E-state index in [1.54, 1.807) is 47.1 Å². The first kappa shape index (κ1) is 18.4. The number of halogens is 3. The van der Waals surface area contributed by atoms with E-state index in [9.17, 15) is 9.18 Å². The van der Waals surface area contributed by atoms with E-state index in [1.165, 1.54) is 18.2 Å². The van der Waals surface area contributed by atoms with Gasteiger partial charge in [0.25, 0.3) is 5.91 Å². The number of rotatable bonds is 5. The molecule has 0 radical (unpaired) electrons. The van der Waals surface area contributed by atoms with Gasteiger partial charge in [0.1, 0.15) is 5.82 Å². The third-order valence-corrected chi connectivity index (χ3v) is 4.45. The molecular weight excluding hydrogens is 376 g/mol. The largest absolute Gasteiger partial charge is 0.330 e. The molecule has 26 heavy (non-hydrogen) atoms. The van der Waals surface area contributed by atoms with Crippen molar-refractivity contribution in [2.45, 2.75) is 13.1 Å². The Morgan fingerprint density at radius 1 is 1.19 bits per heavy atom. The summed E-state index contributed by atoms with van der Waals surface area (Å²) in [6.07, 6.45) is 3.52. The number of nitrogens with zero attached hydrogens (tertiary/aromatic N) is 3. The van der Waals surface area contributed by atoms with Gasteiger partial charge in [-0.25, -0.2) is 4.39 Å². The topological polar surface area (TPSA) is 38.1 Å². The number of carbonyl (C=O) groups excluding carboxylic acids is 1. The maximum Gasteiger partial charge on any atom is 0.254 e. The molecule has 0 bridgehead atoms. The number of aromatic nitrogens is 2. The third kappa shape index (κ3) is 4.42. The molecule has 0 aliphatic carbocycles. The second-order valence-electron chi connectivity index (χ2n) is 5.93. The van der Waals surface area contributed by atoms with Crippen LogP contribution >= 0.6 is 23.2 Å². The monoisotopic (exact) mass is 391 g/mol. The zero-order chi connectivity index (χ0) is 18.7. The fourth-order valence-corrected chi connectivity index (χ4v) is 3.10. The number of benzene rings is 2. The highest BCUT2D eigenvalue weighted by molar-refractivity contribution is 6.35. The van der Waals surface area contributed by atoms with Crippen molar-refractivity contribution < 1.29 is 9.18 Å². The summed E-state index contributed by atoms with van der Waals surface area (Å²) >= 11 is 12.2. The molecular formula is C19H16Cl2FN3O. The van der Waals surface area contributed by atoms with E-state index in [0.29, 0.717) is 16.6 Å². The van der Waals surface area contributed by atoms with Crippen LogP contribution in [0.2, 0.25) is 10.0 Å². The summed E-state index contributed by atoms with van der Waals surface area (Å²) in [4.78, 5) is 14.6. The lowest BCUT2D eigenvalue weighted by atomic mass is 10.1. The molecule has 0 fully saturated rings. The van der Waals surface area contributed by atoms with Gasteiger partial charge in [0.05, 0.1) is 6.20 Å². The Morgan fingerprint density at radius 3 is 2.65 bits per heavy atom. The number of carbonyl (C=O) groups is 1. The summed E-state index contributed by atoms with van der Waals surface area (Å²) in [5.74, 6) is -0.749. The highest BCUT2D eigenvalue weighted by Gasteiger charge is 2.19. The zero-order valence-corrected chi connectivity index (χ0v) is 15.5. The lowest BCUT2D eigenvalue weighted by Crippen LogP contribution is -2.30. The molecule has 0 saturated carbocycles. The van der Waals surface area contributed by atoms with Gasteiger partial charge in [0.15, 0.2) is 0 Å². The number of amides is 1. The van der Waals surface area contributed by atoms with Gasteiger partial charge < -0.3 is 4.90 Å². The van der Waals surface area contributed by atoms with Crippen molar-refractivity contribution in [3.8, 4) is 0 Å². The average Bonchev–Trinajstić information content (AvgIpc) is 3.01. The minimum atomic E-state index is -0.457. The van der Waals surface area contributed by atoms with Crippen LogP contribution in [0.5, 0.6) is 0 Å². The number of hydrogen-bond donors (Lipinski definition) is 0. The van der Waals surface area contributed by atoms with Crippen LogP contribution in [0.1, 0.15) is 21.5 Å². The molecule has 0 atom stereocenters. The van der Waals surface area contributed by atoms with E-state index in [4.69, 9.17) is 23.2 Å². The minimum absolute atomic E-state index is 0.264. The quantitative estimate of drug-likeness (QED) is 0.631. The second-order valence-corrected chi connectivity index (χ2v) is 6.77. The van der Waals surface area contributed by atoms with Crippen LogP contribution < -0.4 is 0 Å². The van der Waals surface area contributed by atoms with Gasteiger partial charge in [0.2, 0.25) is 0 Å². The van der Waals surface area contributed by atoms with E-state index < -0.39 is 5.82 Å². The Morgan fingerprint density at radius 2 is 2.00 bits per heavy atom. The van der Waals surface area contributed by atoms with Crippen molar-refractivity contribution in [3.05, 3.63) is 87.4 Å². The van der Waals surface area contributed by atoms with Crippen molar-refractivity contribution >= 4 is 29.1 Å². The molecule has 3 rings (SSSR count). The lowest BCUT2D eigenvalue weighted by molar-refractivity contribution is 0.0729. The summed E-state index contributed by atoms with van der Waals surface area (Å²) in [7, 11) is 1.80. The molecule has 1 amide bonds. The van der Waals surface area contributed by atoms with E-state index in [2.05, 4.69) is 5.10 Å². The Balaban J connectivity index is 1.91. The van der Waals surface area contributed by atoms with Crippen LogP contribution in [-0.4, -0.2) is 20.6 Å². The van der Waals surface area contributed by atoms with E-state index in [1.807, 2.05) is 6.20 Å². The molecule has 0 N–H and O–H groups in total. The molecule has 0 saturated heterocycles. The van der Waals surface area contributed by atoms with Crippen LogP contribution in [0, 0.1) is 5.82 Å². The molecule has 7 heteroatoms. The number of aryl methyl sites for hydroxylation is 1. The van der Waals surface area contributed by atoms with Gasteiger partial charge in [-0.05, 0) is 35.9 Å². The predicted molar refractivity (Wildman–Crippen MR) is 99.6 cm³/mol. The van der Waals surface area contributed by atoms with Crippen molar-refractivity contribution in [2.24, 2.45) is 7.05 Å². The standard InChI is InChI=1S/C19H16Cl2FN3O/c1-24-10-13(9-23-24)11-25(12-15-5-6-16(20)8-18(15)21)19(26)14-3-2-4-17(22)7-14/h2-10H,11-12H2,1H3. The first-order chi connectivity index (χ1) is 12.4. The lowest BCUT2D eigenvalue weighted by Gasteiger charge is -2.23. The fourth-order valence-electron chi connectivity index (χ4n) is 2.63. The summed E-state index contributed by atoms with van der Waals surface area (Å²) < 4.78 is 15.2. The smallest absolute Gasteiger partial charge is 0.254 e. The van der Waals surface area contributed by atoms with Crippen LogP contribution in [0.25, 0.3) is 0 Å². The SMILES string of the molecule is Cn1cc(CN(Cc2ccc(Cl)cc2Cl)C(=O)c2cccc(F)c2)cn1. The maximum absolute atomic E-state index is 13.5. The maximum atomic E-state index is 13.5. The highest BCUT2D eigenvalue weighted by Crippen LogP contribution is 2.24. The molecule has 3 aromatic rings. The third-order valence-electron chi connectivity index (χ3n) is 3.87. The average molecular weight is 392 g/mol. The van der Waals surface area contributed by atoms with Gasteiger partial charge in [-0.2, -0.15) is 5.10 Å². The predicted octanol–water partition coefficient (Wildman–Crippen LogP) is 4.71. The Bertz CT molecular complexity index is 942. The first-order valence-corrected chi connectivity index (χ1v) is 8.64. The Kier molecular flexibility index (Phi) is 5.59. The Labute approximate surface area is 160 Å². The summed E-state index contributed by atoms with van der Waals surface area (Å²) in [6.45, 7) is 0.586. The van der Waals surface area contributed by atoms with Crippen molar-refractivity contribution in [1.82, 2.24) is 14.7 Å². The fraction of sp³-hybridized carbons (Fsp3) is 0.158. The molecule has 0 aliphatic heterocycles. The van der Waals surface area contributed by atoms with Crippen LogP contribution in [0.3, 0.4) is 0 Å². The molecule has 4 nitrogen and oxygen atoms in total. The molecule has 1 heterocycles. The van der Waals surface area contributed by atoms with E-state index >= 15 is 0 Å². The van der Waals surface area contributed by atoms with Crippen LogP contribution in [-0.2, 0) is 20.1 Å². The van der Waals surface area contributed by atoms with Crippen molar-refractivity contribution in [3.63, 3.8) is 0 Å². The second kappa shape index (κ2) is 7.89. The first-order valence-electron chi connectivity index (χ1n) is 7.88. The van der Waals surface area contributed by atoms with Crippen molar-refractivity contribution in [1.29, 1.82) is 0 Å². The summed E-state index contributed by atoms with van der Waals surface area (Å²) in [6, 6.07) is 10.8. The molecule has 0 unspecified atom stereocenters. The molecule has 1 aromatic heterocycles. The summed E-state index contributed by atoms with van der Waals surface area (Å²) in [5, 5.41) is 5.12. The molecule has 134 valence electrons. The minimum Gasteiger partial charge on any atom is -0.330 e. The van der Waals surface area contributed by atoms with Crippen LogP contribution in [0.4, 0.5) is 4.39 Å². The van der Waals surface area contributed by atoms with Gasteiger partial charge in [-0.3, -0.25) is 9.48 Å². The molecule has 0 spiro atoms. The molecule has 2 aromatic carbocycles. The number of hydrogen-bond acceptors (Lipinski definition) is 2.